The Labute approximate surface area is 180 Å². The van der Waals surface area contributed by atoms with Gasteiger partial charge in [0.1, 0.15) is 16.9 Å². The van der Waals surface area contributed by atoms with Crippen molar-refractivity contribution in [1.82, 2.24) is 10.3 Å². The standard InChI is InChI=1S/C22H25N3O4S/c1-15-7-4-5-8-20(15)29-14-6-13-28-19-11-9-18(10-12-19)21-25(17(3)27)24-22(30-21)23-16(2)26/h4-5,7-12,21H,6,13-14H2,1-3H3,(H,23,24,26). The molecule has 2 aromatic rings. The molecule has 1 N–H and O–H groups in total. The van der Waals surface area contributed by atoms with Gasteiger partial charge in [0, 0.05) is 20.3 Å². The lowest BCUT2D eigenvalue weighted by molar-refractivity contribution is -0.129. The molecule has 30 heavy (non-hydrogen) atoms. The second kappa shape index (κ2) is 10.2. The number of rotatable bonds is 7. The Balaban J connectivity index is 1.49. The van der Waals surface area contributed by atoms with Crippen LogP contribution in [0, 0.1) is 6.92 Å². The molecular formula is C22H25N3O4S. The van der Waals surface area contributed by atoms with E-state index in [1.54, 1.807) is 0 Å². The quantitative estimate of drug-likeness (QED) is 0.679. The number of benzene rings is 2. The van der Waals surface area contributed by atoms with Crippen molar-refractivity contribution in [2.75, 3.05) is 13.2 Å². The van der Waals surface area contributed by atoms with Crippen LogP contribution in [0.5, 0.6) is 11.5 Å². The Morgan fingerprint density at radius 3 is 2.43 bits per heavy atom. The van der Waals surface area contributed by atoms with Crippen LogP contribution in [0.3, 0.4) is 0 Å². The summed E-state index contributed by atoms with van der Waals surface area (Å²) in [6.45, 7) is 6.00. The van der Waals surface area contributed by atoms with Crippen LogP contribution < -0.4 is 14.8 Å². The lowest BCUT2D eigenvalue weighted by Crippen LogP contribution is -2.25. The van der Waals surface area contributed by atoms with Gasteiger partial charge in [-0.15, -0.1) is 5.10 Å². The highest BCUT2D eigenvalue weighted by Crippen LogP contribution is 2.39. The van der Waals surface area contributed by atoms with Gasteiger partial charge in [0.25, 0.3) is 0 Å². The molecule has 0 bridgehead atoms. The number of hydrazone groups is 1. The Morgan fingerprint density at radius 1 is 1.07 bits per heavy atom. The van der Waals surface area contributed by atoms with E-state index in [-0.39, 0.29) is 17.2 Å². The third kappa shape index (κ3) is 5.76. The highest BCUT2D eigenvalue weighted by atomic mass is 32.2. The molecule has 1 heterocycles. The lowest BCUT2D eigenvalue weighted by atomic mass is 10.2. The molecule has 2 amide bonds. The molecule has 0 saturated carbocycles. The normalized spacial score (nSPS) is 15.5. The fourth-order valence-electron chi connectivity index (χ4n) is 2.86. The van der Waals surface area contributed by atoms with Gasteiger partial charge in [-0.05, 0) is 36.2 Å². The van der Waals surface area contributed by atoms with Crippen molar-refractivity contribution in [2.24, 2.45) is 5.10 Å². The Hall–Kier alpha value is -3.00. The van der Waals surface area contributed by atoms with Gasteiger partial charge in [0.05, 0.1) is 13.2 Å². The van der Waals surface area contributed by atoms with Crippen LogP contribution in [0.1, 0.15) is 36.8 Å². The maximum Gasteiger partial charge on any atom is 0.241 e. The summed E-state index contributed by atoms with van der Waals surface area (Å²) in [5, 5.41) is 8.30. The first-order valence-electron chi connectivity index (χ1n) is 9.68. The van der Waals surface area contributed by atoms with Crippen molar-refractivity contribution in [2.45, 2.75) is 32.6 Å². The van der Waals surface area contributed by atoms with Crippen LogP contribution in [-0.2, 0) is 9.59 Å². The minimum absolute atomic E-state index is 0.193. The van der Waals surface area contributed by atoms with Crippen LogP contribution in [0.4, 0.5) is 0 Å². The molecule has 8 heteroatoms. The molecule has 0 aromatic heterocycles. The third-order valence-electron chi connectivity index (χ3n) is 4.32. The van der Waals surface area contributed by atoms with E-state index in [0.29, 0.717) is 18.4 Å². The van der Waals surface area contributed by atoms with E-state index >= 15 is 0 Å². The van der Waals surface area contributed by atoms with E-state index in [1.165, 1.54) is 30.6 Å². The van der Waals surface area contributed by atoms with Gasteiger partial charge >= 0.3 is 0 Å². The van der Waals surface area contributed by atoms with Crippen LogP contribution in [0.25, 0.3) is 0 Å². The average Bonchev–Trinajstić information content (AvgIpc) is 3.13. The van der Waals surface area contributed by atoms with E-state index < -0.39 is 0 Å². The number of amides is 2. The minimum Gasteiger partial charge on any atom is -0.493 e. The monoisotopic (exact) mass is 427 g/mol. The van der Waals surface area contributed by atoms with E-state index in [4.69, 9.17) is 9.47 Å². The zero-order valence-electron chi connectivity index (χ0n) is 17.3. The number of nitrogens with one attached hydrogen (secondary N) is 1. The highest BCUT2D eigenvalue weighted by molar-refractivity contribution is 8.14. The molecule has 3 rings (SSSR count). The van der Waals surface area contributed by atoms with Gasteiger partial charge in [-0.1, -0.05) is 42.1 Å². The first-order chi connectivity index (χ1) is 14.4. The summed E-state index contributed by atoms with van der Waals surface area (Å²) in [4.78, 5) is 23.2. The summed E-state index contributed by atoms with van der Waals surface area (Å²) in [6.07, 6.45) is 0.764. The summed E-state index contributed by atoms with van der Waals surface area (Å²) >= 11 is 1.32. The second-order valence-electron chi connectivity index (χ2n) is 6.81. The van der Waals surface area contributed by atoms with Crippen molar-refractivity contribution < 1.29 is 19.1 Å². The van der Waals surface area contributed by atoms with Gasteiger partial charge in [-0.25, -0.2) is 5.01 Å². The van der Waals surface area contributed by atoms with Crippen LogP contribution in [-0.4, -0.2) is 35.2 Å². The Morgan fingerprint density at radius 2 is 1.77 bits per heavy atom. The molecule has 0 fully saturated rings. The van der Waals surface area contributed by atoms with E-state index in [9.17, 15) is 9.59 Å². The first kappa shape index (κ1) is 21.7. The molecule has 0 saturated heterocycles. The number of carbonyl (C=O) groups excluding carboxylic acids is 2. The summed E-state index contributed by atoms with van der Waals surface area (Å²) in [5.74, 6) is 1.23. The highest BCUT2D eigenvalue weighted by Gasteiger charge is 2.32. The molecule has 1 aliphatic heterocycles. The fraction of sp³-hybridized carbons (Fsp3) is 0.318. The average molecular weight is 428 g/mol. The number of thioether (sulfide) groups is 1. The van der Waals surface area contributed by atoms with E-state index in [1.807, 2.05) is 55.5 Å². The van der Waals surface area contributed by atoms with Gasteiger partial charge in [0.15, 0.2) is 5.17 Å². The van der Waals surface area contributed by atoms with Crippen molar-refractivity contribution in [3.05, 3.63) is 59.7 Å². The molecule has 0 radical (unpaired) electrons. The minimum atomic E-state index is -0.319. The molecule has 0 aliphatic carbocycles. The number of amidine groups is 1. The molecule has 7 nitrogen and oxygen atoms in total. The molecule has 1 unspecified atom stereocenters. The van der Waals surface area contributed by atoms with Crippen molar-refractivity contribution in [1.29, 1.82) is 0 Å². The van der Waals surface area contributed by atoms with Crippen LogP contribution >= 0.6 is 11.8 Å². The van der Waals surface area contributed by atoms with Crippen molar-refractivity contribution >= 4 is 28.7 Å². The largest absolute Gasteiger partial charge is 0.493 e. The number of hydrogen-bond acceptors (Lipinski definition) is 6. The predicted molar refractivity (Wildman–Crippen MR) is 117 cm³/mol. The van der Waals surface area contributed by atoms with Crippen molar-refractivity contribution in [3.8, 4) is 11.5 Å². The smallest absolute Gasteiger partial charge is 0.241 e. The summed E-state index contributed by atoms with van der Waals surface area (Å²) in [7, 11) is 0. The maximum absolute atomic E-state index is 11.9. The molecule has 0 spiro atoms. The first-order valence-corrected chi connectivity index (χ1v) is 10.6. The third-order valence-corrected chi connectivity index (χ3v) is 5.43. The molecule has 158 valence electrons. The zero-order chi connectivity index (χ0) is 21.5. The predicted octanol–water partition coefficient (Wildman–Crippen LogP) is 3.84. The summed E-state index contributed by atoms with van der Waals surface area (Å²) in [5.41, 5.74) is 2.01. The fourth-order valence-corrected chi connectivity index (χ4v) is 4.00. The van der Waals surface area contributed by atoms with Crippen molar-refractivity contribution in [3.63, 3.8) is 0 Å². The van der Waals surface area contributed by atoms with Gasteiger partial charge in [0.2, 0.25) is 11.8 Å². The van der Waals surface area contributed by atoms with Gasteiger partial charge in [-0.3, -0.25) is 9.59 Å². The number of aryl methyl sites for hydroxylation is 1. The number of hydrogen-bond donors (Lipinski definition) is 1. The number of nitrogens with zero attached hydrogens (tertiary/aromatic N) is 2. The number of para-hydroxylation sites is 1. The molecule has 1 aliphatic rings. The molecule has 2 aromatic carbocycles. The van der Waals surface area contributed by atoms with Crippen LogP contribution in [0.15, 0.2) is 53.6 Å². The zero-order valence-corrected chi connectivity index (χ0v) is 18.1. The lowest BCUT2D eigenvalue weighted by Gasteiger charge is -2.19. The van der Waals surface area contributed by atoms with Gasteiger partial charge < -0.3 is 14.8 Å². The van der Waals surface area contributed by atoms with Crippen LogP contribution in [0.2, 0.25) is 0 Å². The number of ether oxygens (including phenoxy) is 2. The molecule has 1 atom stereocenters. The summed E-state index contributed by atoms with van der Waals surface area (Å²) in [6, 6.07) is 15.5. The van der Waals surface area contributed by atoms with E-state index in [0.717, 1.165) is 29.0 Å². The number of carbonyl (C=O) groups is 2. The maximum atomic E-state index is 11.9. The summed E-state index contributed by atoms with van der Waals surface area (Å²) < 4.78 is 11.6. The topological polar surface area (TPSA) is 80.2 Å². The Kier molecular flexibility index (Phi) is 7.35. The second-order valence-corrected chi connectivity index (χ2v) is 7.87. The Bertz CT molecular complexity index is 930. The van der Waals surface area contributed by atoms with Gasteiger partial charge in [-0.2, -0.15) is 0 Å². The van der Waals surface area contributed by atoms with E-state index in [2.05, 4.69) is 10.4 Å². The SMILES string of the molecule is CC(=O)NC1=NN(C(C)=O)C(c2ccc(OCCCOc3ccccc3C)cc2)S1. The molecular weight excluding hydrogens is 402 g/mol.